The molecule has 20 heavy (non-hydrogen) atoms. The van der Waals surface area contributed by atoms with Gasteiger partial charge >= 0.3 is 5.69 Å². The Morgan fingerprint density at radius 3 is 2.45 bits per heavy atom. The van der Waals surface area contributed by atoms with Crippen LogP contribution in [0.4, 0.5) is 14.5 Å². The molecular weight excluding hydrogens is 270 g/mol. The van der Waals surface area contributed by atoms with Crippen molar-refractivity contribution in [3.8, 4) is 0 Å². The second-order valence-electron chi connectivity index (χ2n) is 5.61. The van der Waals surface area contributed by atoms with Gasteiger partial charge in [0.15, 0.2) is 0 Å². The van der Waals surface area contributed by atoms with Gasteiger partial charge in [-0.1, -0.05) is 20.8 Å². The molecule has 0 atom stereocenters. The predicted molar refractivity (Wildman–Crippen MR) is 69.4 cm³/mol. The van der Waals surface area contributed by atoms with Gasteiger partial charge in [-0.25, -0.2) is 4.39 Å². The lowest BCUT2D eigenvalue weighted by Crippen LogP contribution is -2.28. The molecule has 0 bridgehead atoms. The molecule has 0 saturated heterocycles. The average molecular weight is 286 g/mol. The first kappa shape index (κ1) is 16.0. The third-order valence-corrected chi connectivity index (χ3v) is 2.62. The van der Waals surface area contributed by atoms with Crippen molar-refractivity contribution in [2.24, 2.45) is 5.41 Å². The zero-order valence-electron chi connectivity index (χ0n) is 11.5. The van der Waals surface area contributed by atoms with Gasteiger partial charge < -0.3 is 5.32 Å². The van der Waals surface area contributed by atoms with Crippen molar-refractivity contribution in [2.75, 3.05) is 6.54 Å². The Hall–Kier alpha value is -2.05. The fourth-order valence-corrected chi connectivity index (χ4v) is 1.52. The van der Waals surface area contributed by atoms with E-state index < -0.39 is 33.7 Å². The number of benzene rings is 1. The zero-order valence-corrected chi connectivity index (χ0v) is 11.5. The fraction of sp³-hybridized carbons (Fsp3) is 0.462. The monoisotopic (exact) mass is 286 g/mol. The molecule has 0 aliphatic carbocycles. The topological polar surface area (TPSA) is 72.2 Å². The number of nitrogens with zero attached hydrogens (tertiary/aromatic N) is 1. The van der Waals surface area contributed by atoms with Crippen LogP contribution in [0.25, 0.3) is 0 Å². The molecule has 0 saturated carbocycles. The molecule has 1 aromatic carbocycles. The minimum Gasteiger partial charge on any atom is -0.352 e. The van der Waals surface area contributed by atoms with E-state index >= 15 is 0 Å². The minimum atomic E-state index is -1.33. The maximum Gasteiger partial charge on any atom is 0.308 e. The molecule has 0 fully saturated rings. The van der Waals surface area contributed by atoms with Crippen LogP contribution in [0.15, 0.2) is 12.1 Å². The van der Waals surface area contributed by atoms with Crippen LogP contribution in [-0.2, 0) is 0 Å². The molecule has 1 amide bonds. The molecular formula is C13H16F2N2O3. The standard InChI is InChI=1S/C13H16F2N2O3/c1-13(2,3)4-5-16-12(18)9-6-8(14)7-10(11(9)15)17(19)20/h6-7H,4-5H2,1-3H3,(H,16,18). The zero-order chi connectivity index (χ0) is 15.5. The van der Waals surface area contributed by atoms with Crippen molar-refractivity contribution in [2.45, 2.75) is 27.2 Å². The Kier molecular flexibility index (Phi) is 4.75. The van der Waals surface area contributed by atoms with E-state index in [2.05, 4.69) is 5.32 Å². The second-order valence-corrected chi connectivity index (χ2v) is 5.61. The molecule has 0 spiro atoms. The minimum absolute atomic E-state index is 0.0280. The molecule has 0 aliphatic rings. The molecule has 5 nitrogen and oxygen atoms in total. The highest BCUT2D eigenvalue weighted by atomic mass is 19.1. The number of hydrogen-bond acceptors (Lipinski definition) is 3. The van der Waals surface area contributed by atoms with E-state index in [0.717, 1.165) is 0 Å². The van der Waals surface area contributed by atoms with Crippen molar-refractivity contribution in [3.05, 3.63) is 39.4 Å². The van der Waals surface area contributed by atoms with Gasteiger partial charge in [0.2, 0.25) is 5.82 Å². The Morgan fingerprint density at radius 1 is 1.35 bits per heavy atom. The molecule has 0 radical (unpaired) electrons. The van der Waals surface area contributed by atoms with Crippen molar-refractivity contribution in [3.63, 3.8) is 0 Å². The van der Waals surface area contributed by atoms with E-state index in [-0.39, 0.29) is 12.0 Å². The largest absolute Gasteiger partial charge is 0.352 e. The number of halogens is 2. The van der Waals surface area contributed by atoms with E-state index in [1.54, 1.807) is 0 Å². The number of nitro groups is 1. The molecule has 0 heterocycles. The number of amides is 1. The Labute approximate surface area is 115 Å². The van der Waals surface area contributed by atoms with Gasteiger partial charge in [-0.05, 0) is 17.9 Å². The normalized spacial score (nSPS) is 11.2. The summed E-state index contributed by atoms with van der Waals surface area (Å²) in [5.74, 6) is -3.22. The van der Waals surface area contributed by atoms with Crippen LogP contribution in [-0.4, -0.2) is 17.4 Å². The van der Waals surface area contributed by atoms with Gasteiger partial charge in [0.25, 0.3) is 5.91 Å². The smallest absolute Gasteiger partial charge is 0.308 e. The number of carbonyl (C=O) groups excluding carboxylic acids is 1. The molecule has 7 heteroatoms. The van der Waals surface area contributed by atoms with E-state index in [4.69, 9.17) is 0 Å². The van der Waals surface area contributed by atoms with Crippen LogP contribution in [0.2, 0.25) is 0 Å². The summed E-state index contributed by atoms with van der Waals surface area (Å²) >= 11 is 0. The first-order valence-corrected chi connectivity index (χ1v) is 6.03. The molecule has 1 aromatic rings. The number of carbonyl (C=O) groups is 1. The van der Waals surface area contributed by atoms with Crippen LogP contribution >= 0.6 is 0 Å². The van der Waals surface area contributed by atoms with Gasteiger partial charge in [0.05, 0.1) is 16.6 Å². The molecule has 0 aromatic heterocycles. The summed E-state index contributed by atoms with van der Waals surface area (Å²) in [4.78, 5) is 21.2. The average Bonchev–Trinajstić information content (AvgIpc) is 2.29. The first-order valence-electron chi connectivity index (χ1n) is 6.03. The highest BCUT2D eigenvalue weighted by Gasteiger charge is 2.24. The predicted octanol–water partition coefficient (Wildman–Crippen LogP) is 3.04. The molecule has 110 valence electrons. The Bertz CT molecular complexity index is 539. The second kappa shape index (κ2) is 5.94. The maximum absolute atomic E-state index is 13.7. The quantitative estimate of drug-likeness (QED) is 0.683. The van der Waals surface area contributed by atoms with Crippen molar-refractivity contribution in [1.29, 1.82) is 0 Å². The first-order chi connectivity index (χ1) is 9.11. The van der Waals surface area contributed by atoms with E-state index in [9.17, 15) is 23.7 Å². The summed E-state index contributed by atoms with van der Waals surface area (Å²) in [6.45, 7) is 6.17. The Morgan fingerprint density at radius 2 is 1.95 bits per heavy atom. The summed E-state index contributed by atoms with van der Waals surface area (Å²) < 4.78 is 26.9. The number of hydrogen-bond donors (Lipinski definition) is 1. The molecule has 0 aliphatic heterocycles. The van der Waals surface area contributed by atoms with Crippen molar-refractivity contribution in [1.82, 2.24) is 5.32 Å². The summed E-state index contributed by atoms with van der Waals surface area (Å²) in [5, 5.41) is 13.0. The van der Waals surface area contributed by atoms with Crippen LogP contribution in [0.5, 0.6) is 0 Å². The fourth-order valence-electron chi connectivity index (χ4n) is 1.52. The van der Waals surface area contributed by atoms with Gasteiger partial charge in [0, 0.05) is 6.54 Å². The summed E-state index contributed by atoms with van der Waals surface area (Å²) in [7, 11) is 0. The van der Waals surface area contributed by atoms with Crippen molar-refractivity contribution < 1.29 is 18.5 Å². The number of rotatable bonds is 4. The van der Waals surface area contributed by atoms with Crippen LogP contribution in [0.1, 0.15) is 37.6 Å². The maximum atomic E-state index is 13.7. The lowest BCUT2D eigenvalue weighted by atomic mass is 9.92. The summed E-state index contributed by atoms with van der Waals surface area (Å²) in [6.07, 6.45) is 0.637. The summed E-state index contributed by atoms with van der Waals surface area (Å²) in [6, 6.07) is 1.09. The van der Waals surface area contributed by atoms with Gasteiger partial charge in [0.1, 0.15) is 5.82 Å². The third kappa shape index (κ3) is 4.25. The SMILES string of the molecule is CC(C)(C)CCNC(=O)c1cc(F)cc([N+](=O)[O-])c1F. The van der Waals surface area contributed by atoms with Crippen molar-refractivity contribution >= 4 is 11.6 Å². The van der Waals surface area contributed by atoms with Gasteiger partial charge in [-0.3, -0.25) is 14.9 Å². The van der Waals surface area contributed by atoms with Crippen LogP contribution < -0.4 is 5.32 Å². The molecule has 1 N–H and O–H groups in total. The van der Waals surface area contributed by atoms with E-state index in [1.807, 2.05) is 20.8 Å². The van der Waals surface area contributed by atoms with Crippen LogP contribution in [0, 0.1) is 27.2 Å². The van der Waals surface area contributed by atoms with Gasteiger partial charge in [-0.15, -0.1) is 0 Å². The summed E-state index contributed by atoms with van der Waals surface area (Å²) in [5.41, 5.74) is -1.74. The lowest BCUT2D eigenvalue weighted by Gasteiger charge is -2.18. The van der Waals surface area contributed by atoms with Gasteiger partial charge in [-0.2, -0.15) is 4.39 Å². The van der Waals surface area contributed by atoms with Crippen LogP contribution in [0.3, 0.4) is 0 Å². The lowest BCUT2D eigenvalue weighted by molar-refractivity contribution is -0.387. The third-order valence-electron chi connectivity index (χ3n) is 2.62. The molecule has 1 rings (SSSR count). The highest BCUT2D eigenvalue weighted by molar-refractivity contribution is 5.95. The van der Waals surface area contributed by atoms with E-state index in [1.165, 1.54) is 0 Å². The number of nitrogens with one attached hydrogen (secondary N) is 1. The molecule has 0 unspecified atom stereocenters. The van der Waals surface area contributed by atoms with E-state index in [0.29, 0.717) is 18.6 Å². The number of nitro benzene ring substituents is 1. The Balaban J connectivity index is 2.91. The highest BCUT2D eigenvalue weighted by Crippen LogP contribution is 2.22.